The highest BCUT2D eigenvalue weighted by atomic mass is 19.2. The molecule has 0 aromatic heterocycles. The van der Waals surface area contributed by atoms with Crippen LogP contribution in [0.5, 0.6) is 0 Å². The number of para-hydroxylation sites is 1. The summed E-state index contributed by atoms with van der Waals surface area (Å²) in [5, 5.41) is 0. The Morgan fingerprint density at radius 1 is 0.957 bits per heavy atom. The van der Waals surface area contributed by atoms with Crippen LogP contribution in [0.4, 0.5) is 14.5 Å². The van der Waals surface area contributed by atoms with Crippen molar-refractivity contribution in [2.75, 3.05) is 24.5 Å². The molecule has 23 heavy (non-hydrogen) atoms. The fraction of sp³-hybridized carbons (Fsp3) is 0.176. The highest BCUT2D eigenvalue weighted by molar-refractivity contribution is 6.01. The third-order valence-electron chi connectivity index (χ3n) is 3.74. The van der Waals surface area contributed by atoms with Gasteiger partial charge in [0.2, 0.25) is 5.91 Å². The van der Waals surface area contributed by atoms with Crippen LogP contribution < -0.4 is 4.90 Å². The van der Waals surface area contributed by atoms with Crippen LogP contribution in [0.15, 0.2) is 48.5 Å². The monoisotopic (exact) mass is 316 g/mol. The lowest BCUT2D eigenvalue weighted by atomic mass is 10.1. The van der Waals surface area contributed by atoms with Gasteiger partial charge in [0, 0.05) is 24.3 Å². The summed E-state index contributed by atoms with van der Waals surface area (Å²) >= 11 is 0. The molecule has 0 spiro atoms. The highest BCUT2D eigenvalue weighted by Crippen LogP contribution is 2.18. The molecule has 4 nitrogen and oxygen atoms in total. The van der Waals surface area contributed by atoms with Crippen molar-refractivity contribution in [2.45, 2.75) is 0 Å². The molecular weight excluding hydrogens is 302 g/mol. The van der Waals surface area contributed by atoms with Crippen LogP contribution in [0.2, 0.25) is 0 Å². The molecule has 0 radical (unpaired) electrons. The molecule has 6 heteroatoms. The Morgan fingerprint density at radius 3 is 2.35 bits per heavy atom. The summed E-state index contributed by atoms with van der Waals surface area (Å²) in [5.74, 6) is -2.78. The van der Waals surface area contributed by atoms with Crippen molar-refractivity contribution >= 4 is 17.5 Å². The van der Waals surface area contributed by atoms with Crippen molar-refractivity contribution in [3.63, 3.8) is 0 Å². The molecule has 2 amide bonds. The lowest BCUT2D eigenvalue weighted by Gasteiger charge is -2.34. The van der Waals surface area contributed by atoms with Crippen molar-refractivity contribution < 1.29 is 18.4 Å². The number of nitrogens with zero attached hydrogens (tertiary/aromatic N) is 2. The second-order valence-electron chi connectivity index (χ2n) is 5.24. The molecule has 0 atom stereocenters. The molecule has 3 rings (SSSR count). The van der Waals surface area contributed by atoms with Gasteiger partial charge in [-0.1, -0.05) is 18.2 Å². The second kappa shape index (κ2) is 6.16. The Morgan fingerprint density at radius 2 is 1.70 bits per heavy atom. The van der Waals surface area contributed by atoms with Gasteiger partial charge >= 0.3 is 0 Å². The molecule has 0 unspecified atom stereocenters. The zero-order valence-corrected chi connectivity index (χ0v) is 12.2. The lowest BCUT2D eigenvalue weighted by molar-refractivity contribution is -0.120. The summed E-state index contributed by atoms with van der Waals surface area (Å²) in [4.78, 5) is 27.5. The SMILES string of the molecule is O=C(c1ccc(F)c(F)c1)N1CCN(c2ccccc2)C(=O)C1. The van der Waals surface area contributed by atoms with Gasteiger partial charge in [-0.15, -0.1) is 0 Å². The number of benzene rings is 2. The quantitative estimate of drug-likeness (QED) is 0.854. The highest BCUT2D eigenvalue weighted by Gasteiger charge is 2.28. The van der Waals surface area contributed by atoms with E-state index in [9.17, 15) is 18.4 Å². The first kappa shape index (κ1) is 15.1. The third-order valence-corrected chi connectivity index (χ3v) is 3.74. The fourth-order valence-electron chi connectivity index (χ4n) is 2.54. The van der Waals surface area contributed by atoms with Gasteiger partial charge in [0.1, 0.15) is 6.54 Å². The Balaban J connectivity index is 1.73. The summed E-state index contributed by atoms with van der Waals surface area (Å²) < 4.78 is 26.2. The predicted octanol–water partition coefficient (Wildman–Crippen LogP) is 2.45. The van der Waals surface area contributed by atoms with E-state index in [1.807, 2.05) is 30.3 Å². The molecule has 1 heterocycles. The van der Waals surface area contributed by atoms with Crippen molar-refractivity contribution in [3.05, 3.63) is 65.7 Å². The number of halogens is 2. The van der Waals surface area contributed by atoms with Gasteiger partial charge in [0.05, 0.1) is 0 Å². The minimum absolute atomic E-state index is 0.0323. The van der Waals surface area contributed by atoms with Gasteiger partial charge < -0.3 is 9.80 Å². The number of piperazine rings is 1. The molecule has 0 N–H and O–H groups in total. The summed E-state index contributed by atoms with van der Waals surface area (Å²) in [6.07, 6.45) is 0. The zero-order valence-electron chi connectivity index (χ0n) is 12.2. The molecule has 1 aliphatic rings. The third kappa shape index (κ3) is 3.06. The molecule has 118 valence electrons. The molecule has 1 aliphatic heterocycles. The molecule has 2 aromatic carbocycles. The van der Waals surface area contributed by atoms with Gasteiger partial charge in [-0.3, -0.25) is 9.59 Å². The lowest BCUT2D eigenvalue weighted by Crippen LogP contribution is -2.52. The maximum Gasteiger partial charge on any atom is 0.254 e. The first-order valence-electron chi connectivity index (χ1n) is 7.16. The van der Waals surface area contributed by atoms with E-state index in [0.29, 0.717) is 13.1 Å². The number of carbonyl (C=O) groups is 2. The van der Waals surface area contributed by atoms with Gasteiger partial charge in [-0.25, -0.2) is 8.78 Å². The molecule has 2 aromatic rings. The molecule has 0 saturated carbocycles. The van der Waals surface area contributed by atoms with E-state index in [1.165, 1.54) is 11.0 Å². The number of carbonyl (C=O) groups excluding carboxylic acids is 2. The summed E-state index contributed by atoms with van der Waals surface area (Å²) in [6, 6.07) is 12.2. The van der Waals surface area contributed by atoms with Crippen molar-refractivity contribution in [3.8, 4) is 0 Å². The van der Waals surface area contributed by atoms with Gasteiger partial charge in [-0.2, -0.15) is 0 Å². The normalized spacial score (nSPS) is 15.0. The first-order valence-corrected chi connectivity index (χ1v) is 7.16. The number of rotatable bonds is 2. The number of anilines is 1. The summed E-state index contributed by atoms with van der Waals surface area (Å²) in [6.45, 7) is 0.601. The molecular formula is C17H14F2N2O2. The number of amides is 2. The summed E-state index contributed by atoms with van der Waals surface area (Å²) in [7, 11) is 0. The average molecular weight is 316 g/mol. The standard InChI is InChI=1S/C17H14F2N2O2/c18-14-7-6-12(10-15(14)19)17(23)20-8-9-21(16(22)11-20)13-4-2-1-3-5-13/h1-7,10H,8-9,11H2. The van der Waals surface area contributed by atoms with Gasteiger partial charge in [-0.05, 0) is 30.3 Å². The Hall–Kier alpha value is -2.76. The minimum Gasteiger partial charge on any atom is -0.328 e. The van der Waals surface area contributed by atoms with Gasteiger partial charge in [0.25, 0.3) is 5.91 Å². The van der Waals surface area contributed by atoms with Crippen LogP contribution >= 0.6 is 0 Å². The maximum atomic E-state index is 13.2. The van der Waals surface area contributed by atoms with Crippen LogP contribution in [0.25, 0.3) is 0 Å². The molecule has 1 fully saturated rings. The average Bonchev–Trinajstić information content (AvgIpc) is 2.57. The molecule has 1 saturated heterocycles. The van der Waals surface area contributed by atoms with E-state index in [-0.39, 0.29) is 18.0 Å². The largest absolute Gasteiger partial charge is 0.328 e. The van der Waals surface area contributed by atoms with Crippen molar-refractivity contribution in [2.24, 2.45) is 0 Å². The summed E-state index contributed by atoms with van der Waals surface area (Å²) in [5.41, 5.74) is 0.808. The fourth-order valence-corrected chi connectivity index (χ4v) is 2.54. The smallest absolute Gasteiger partial charge is 0.254 e. The van der Waals surface area contributed by atoms with Gasteiger partial charge in [0.15, 0.2) is 11.6 Å². The topological polar surface area (TPSA) is 40.6 Å². The first-order chi connectivity index (χ1) is 11.1. The zero-order chi connectivity index (χ0) is 16.4. The van der Waals surface area contributed by atoms with E-state index in [0.717, 1.165) is 17.8 Å². The predicted molar refractivity (Wildman–Crippen MR) is 81.1 cm³/mol. The number of hydrogen-bond donors (Lipinski definition) is 0. The Kier molecular flexibility index (Phi) is 4.06. The molecule has 0 aliphatic carbocycles. The van der Waals surface area contributed by atoms with Crippen LogP contribution in [-0.2, 0) is 4.79 Å². The molecule has 0 bridgehead atoms. The second-order valence-corrected chi connectivity index (χ2v) is 5.24. The van der Waals surface area contributed by atoms with E-state index in [2.05, 4.69) is 0 Å². The van der Waals surface area contributed by atoms with Crippen LogP contribution in [0.1, 0.15) is 10.4 Å². The van der Waals surface area contributed by atoms with Crippen LogP contribution in [0, 0.1) is 11.6 Å². The van der Waals surface area contributed by atoms with Crippen LogP contribution in [-0.4, -0.2) is 36.3 Å². The Labute approximate surface area is 131 Å². The van der Waals surface area contributed by atoms with Crippen molar-refractivity contribution in [1.82, 2.24) is 4.90 Å². The minimum atomic E-state index is -1.08. The van der Waals surface area contributed by atoms with E-state index >= 15 is 0 Å². The van der Waals surface area contributed by atoms with E-state index < -0.39 is 17.5 Å². The Bertz CT molecular complexity index is 750. The maximum absolute atomic E-state index is 13.2. The number of hydrogen-bond acceptors (Lipinski definition) is 2. The van der Waals surface area contributed by atoms with Crippen LogP contribution in [0.3, 0.4) is 0 Å². The van der Waals surface area contributed by atoms with E-state index in [4.69, 9.17) is 0 Å². The van der Waals surface area contributed by atoms with Crippen molar-refractivity contribution in [1.29, 1.82) is 0 Å². The van der Waals surface area contributed by atoms with E-state index in [1.54, 1.807) is 4.90 Å².